The van der Waals surface area contributed by atoms with E-state index in [9.17, 15) is 19.2 Å². The molecule has 0 aromatic carbocycles. The maximum atomic E-state index is 11.1. The van der Waals surface area contributed by atoms with Crippen molar-refractivity contribution in [2.45, 2.75) is 18.6 Å². The molecule has 0 saturated carbocycles. The van der Waals surface area contributed by atoms with Crippen molar-refractivity contribution in [1.29, 1.82) is 0 Å². The number of imide groups is 1. The smallest absolute Gasteiger partial charge is 0.330 e. The maximum absolute atomic E-state index is 11.1. The molecule has 8 nitrogen and oxygen atoms in total. The number of carboxylic acid groups (broad SMARTS) is 2. The van der Waals surface area contributed by atoms with Gasteiger partial charge < -0.3 is 14.9 Å². The molecule has 0 spiro atoms. The highest BCUT2D eigenvalue weighted by molar-refractivity contribution is 6.15. The molecule has 2 unspecified atom stereocenters. The van der Waals surface area contributed by atoms with Gasteiger partial charge >= 0.3 is 11.9 Å². The van der Waals surface area contributed by atoms with E-state index < -0.39 is 35.5 Å². The largest absolute Gasteiger partial charge is 0.478 e. The second kappa shape index (κ2) is 5.02. The van der Waals surface area contributed by atoms with Gasteiger partial charge in [0.2, 0.25) is 5.60 Å². The van der Waals surface area contributed by atoms with Crippen LogP contribution < -0.4 is 5.32 Å². The molecule has 0 aromatic heterocycles. The van der Waals surface area contributed by atoms with Gasteiger partial charge in [-0.3, -0.25) is 14.9 Å². The SMILES string of the molecule is C=C(C)C(=O)O.O=C(O)C=CC12OC1C(=O)NC2=O. The predicted octanol–water partition coefficient (Wildman–Crippen LogP) is -0.932. The van der Waals surface area contributed by atoms with Gasteiger partial charge in [-0.2, -0.15) is 0 Å². The van der Waals surface area contributed by atoms with Gasteiger partial charge in [-0.05, 0) is 13.0 Å². The third-order valence-corrected chi connectivity index (χ3v) is 2.31. The van der Waals surface area contributed by atoms with E-state index >= 15 is 0 Å². The van der Waals surface area contributed by atoms with Crippen molar-refractivity contribution in [2.75, 3.05) is 0 Å². The Morgan fingerprint density at radius 3 is 2.21 bits per heavy atom. The van der Waals surface area contributed by atoms with Crippen LogP contribution >= 0.6 is 0 Å². The molecule has 2 fully saturated rings. The summed E-state index contributed by atoms with van der Waals surface area (Å²) >= 11 is 0. The number of carboxylic acids is 2. The van der Waals surface area contributed by atoms with Crippen LogP contribution in [-0.4, -0.2) is 45.7 Å². The Balaban J connectivity index is 0.000000258. The Morgan fingerprint density at radius 1 is 1.42 bits per heavy atom. The van der Waals surface area contributed by atoms with Crippen LogP contribution in [0.3, 0.4) is 0 Å². The molecule has 2 saturated heterocycles. The average molecular weight is 269 g/mol. The number of carbonyl (C=O) groups is 4. The summed E-state index contributed by atoms with van der Waals surface area (Å²) in [7, 11) is 0. The normalized spacial score (nSPS) is 27.1. The van der Waals surface area contributed by atoms with Crippen molar-refractivity contribution in [2.24, 2.45) is 0 Å². The Kier molecular flexibility index (Phi) is 3.86. The van der Waals surface area contributed by atoms with Crippen molar-refractivity contribution < 1.29 is 34.1 Å². The molecule has 19 heavy (non-hydrogen) atoms. The number of carbonyl (C=O) groups excluding carboxylic acids is 2. The van der Waals surface area contributed by atoms with E-state index in [-0.39, 0.29) is 5.57 Å². The number of epoxide rings is 1. The second-order valence-electron chi connectivity index (χ2n) is 3.87. The number of hydrogen-bond donors (Lipinski definition) is 3. The van der Waals surface area contributed by atoms with E-state index in [0.717, 1.165) is 12.2 Å². The molecule has 2 heterocycles. The van der Waals surface area contributed by atoms with Crippen molar-refractivity contribution in [3.63, 3.8) is 0 Å². The van der Waals surface area contributed by atoms with Crippen molar-refractivity contribution in [1.82, 2.24) is 5.32 Å². The lowest BCUT2D eigenvalue weighted by molar-refractivity contribution is -0.133. The molecular weight excluding hydrogens is 258 g/mol. The maximum Gasteiger partial charge on any atom is 0.330 e. The fourth-order valence-electron chi connectivity index (χ4n) is 1.25. The summed E-state index contributed by atoms with van der Waals surface area (Å²) in [5.74, 6) is -3.23. The fourth-order valence-corrected chi connectivity index (χ4v) is 1.25. The van der Waals surface area contributed by atoms with E-state index in [4.69, 9.17) is 14.9 Å². The molecule has 2 atom stereocenters. The van der Waals surface area contributed by atoms with Gasteiger partial charge in [-0.25, -0.2) is 9.59 Å². The number of ether oxygens (including phenoxy) is 1. The van der Waals surface area contributed by atoms with Gasteiger partial charge in [0.15, 0.2) is 6.10 Å². The van der Waals surface area contributed by atoms with E-state index in [1.54, 1.807) is 0 Å². The average Bonchev–Trinajstić information content (AvgIpc) is 2.97. The predicted molar refractivity (Wildman–Crippen MR) is 60.0 cm³/mol. The molecule has 0 aliphatic carbocycles. The molecule has 2 amide bonds. The lowest BCUT2D eigenvalue weighted by Crippen LogP contribution is -2.31. The number of hydrogen-bond acceptors (Lipinski definition) is 5. The van der Waals surface area contributed by atoms with Gasteiger partial charge in [-0.15, -0.1) is 0 Å². The molecule has 0 aromatic rings. The van der Waals surface area contributed by atoms with Crippen LogP contribution in [0.1, 0.15) is 6.92 Å². The molecule has 2 rings (SSSR count). The van der Waals surface area contributed by atoms with E-state index in [0.29, 0.717) is 0 Å². The number of fused-ring (bicyclic) bond motifs is 1. The number of morpholine rings is 1. The van der Waals surface area contributed by atoms with Crippen LogP contribution in [0.25, 0.3) is 0 Å². The quantitative estimate of drug-likeness (QED) is 0.342. The standard InChI is InChI=1S/C7H5NO5.C4H6O2/c9-3(10)1-2-7-4(13-7)5(11)8-6(7)12;1-3(2)4(5)6/h1-2,4H,(H,9,10)(H,8,11,12);1H2,2H3,(H,5,6). The van der Waals surface area contributed by atoms with E-state index in [1.807, 2.05) is 5.32 Å². The molecule has 2 aliphatic rings. The molecule has 2 aliphatic heterocycles. The molecule has 0 radical (unpaired) electrons. The molecule has 0 bridgehead atoms. The Hall–Kier alpha value is -2.48. The highest BCUT2D eigenvalue weighted by Gasteiger charge is 2.70. The van der Waals surface area contributed by atoms with Crippen LogP contribution in [0.4, 0.5) is 0 Å². The minimum absolute atomic E-state index is 0.176. The third-order valence-electron chi connectivity index (χ3n) is 2.31. The van der Waals surface area contributed by atoms with Gasteiger partial charge in [0.05, 0.1) is 0 Å². The lowest BCUT2D eigenvalue weighted by atomic mass is 10.1. The topological polar surface area (TPSA) is 133 Å². The Bertz CT molecular complexity index is 495. The lowest BCUT2D eigenvalue weighted by Gasteiger charge is -1.97. The summed E-state index contributed by atoms with van der Waals surface area (Å²) < 4.78 is 4.80. The minimum Gasteiger partial charge on any atom is -0.478 e. The third kappa shape index (κ3) is 3.05. The zero-order valence-electron chi connectivity index (χ0n) is 9.87. The first-order valence-electron chi connectivity index (χ1n) is 5.05. The highest BCUT2D eigenvalue weighted by atomic mass is 16.6. The van der Waals surface area contributed by atoms with Gasteiger partial charge in [0, 0.05) is 11.6 Å². The first kappa shape index (κ1) is 14.6. The van der Waals surface area contributed by atoms with Crippen LogP contribution in [0.5, 0.6) is 0 Å². The Morgan fingerprint density at radius 2 is 1.95 bits per heavy atom. The van der Waals surface area contributed by atoms with E-state index in [1.165, 1.54) is 6.92 Å². The van der Waals surface area contributed by atoms with Crippen LogP contribution in [0, 0.1) is 0 Å². The number of aliphatic carboxylic acids is 2. The number of amides is 2. The summed E-state index contributed by atoms with van der Waals surface area (Å²) in [6.45, 7) is 4.60. The minimum atomic E-state index is -1.34. The van der Waals surface area contributed by atoms with Gasteiger partial charge in [-0.1, -0.05) is 6.58 Å². The fraction of sp³-hybridized carbons (Fsp3) is 0.273. The Labute approximate surface area is 107 Å². The van der Waals surface area contributed by atoms with Crippen LogP contribution in [-0.2, 0) is 23.9 Å². The second-order valence-corrected chi connectivity index (χ2v) is 3.87. The summed E-state index contributed by atoms with van der Waals surface area (Å²) in [5.41, 5.74) is -1.16. The van der Waals surface area contributed by atoms with Gasteiger partial charge in [0.25, 0.3) is 11.8 Å². The van der Waals surface area contributed by atoms with E-state index in [2.05, 4.69) is 6.58 Å². The molecule has 102 valence electrons. The number of nitrogens with one attached hydrogen (secondary N) is 1. The monoisotopic (exact) mass is 269 g/mol. The summed E-state index contributed by atoms with van der Waals surface area (Å²) in [6, 6.07) is 0. The van der Waals surface area contributed by atoms with Gasteiger partial charge in [0.1, 0.15) is 0 Å². The zero-order chi connectivity index (χ0) is 14.8. The van der Waals surface area contributed by atoms with Crippen LogP contribution in [0.2, 0.25) is 0 Å². The first-order chi connectivity index (χ1) is 8.70. The summed E-state index contributed by atoms with van der Waals surface area (Å²) in [6.07, 6.45) is 1.04. The van der Waals surface area contributed by atoms with Crippen molar-refractivity contribution >= 4 is 23.8 Å². The molecular formula is C11H11NO7. The molecule has 8 heteroatoms. The summed E-state index contributed by atoms with van der Waals surface area (Å²) in [5, 5.41) is 18.2. The van der Waals surface area contributed by atoms with Crippen LogP contribution in [0.15, 0.2) is 24.3 Å². The zero-order valence-corrected chi connectivity index (χ0v) is 9.87. The first-order valence-corrected chi connectivity index (χ1v) is 5.05. The van der Waals surface area contributed by atoms with Crippen molar-refractivity contribution in [3.8, 4) is 0 Å². The van der Waals surface area contributed by atoms with Crippen molar-refractivity contribution in [3.05, 3.63) is 24.3 Å². The highest BCUT2D eigenvalue weighted by Crippen LogP contribution is 2.42. The summed E-state index contributed by atoms with van der Waals surface area (Å²) in [4.78, 5) is 41.6. The number of rotatable bonds is 3. The molecule has 3 N–H and O–H groups in total.